The number of ether oxygens (including phenoxy) is 2. The van der Waals surface area contributed by atoms with Gasteiger partial charge in [0.15, 0.2) is 11.5 Å². The van der Waals surface area contributed by atoms with E-state index in [4.69, 9.17) is 9.47 Å². The standard InChI is InChI=1S/C24H26FN3O4/c25-19-7-2-1-6-18(19)16-22-24(30)28(20-8-3-4-9-21(20)32-22)17-23(29)26-10-5-11-27-12-14-31-15-13-27/h1-4,6-9,16H,5,10-15,17H2,(H,26,29). The molecule has 2 heterocycles. The summed E-state index contributed by atoms with van der Waals surface area (Å²) < 4.78 is 25.2. The van der Waals surface area contributed by atoms with E-state index in [0.717, 1.165) is 39.3 Å². The average Bonchev–Trinajstić information content (AvgIpc) is 2.81. The lowest BCUT2D eigenvalue weighted by Gasteiger charge is -2.30. The summed E-state index contributed by atoms with van der Waals surface area (Å²) >= 11 is 0. The van der Waals surface area contributed by atoms with E-state index >= 15 is 0 Å². The van der Waals surface area contributed by atoms with Crippen molar-refractivity contribution in [3.63, 3.8) is 0 Å². The van der Waals surface area contributed by atoms with Crippen LogP contribution in [-0.2, 0) is 14.3 Å². The molecular weight excluding hydrogens is 413 g/mol. The van der Waals surface area contributed by atoms with Crippen molar-refractivity contribution in [3.8, 4) is 5.75 Å². The fraction of sp³-hybridized carbons (Fsp3) is 0.333. The van der Waals surface area contributed by atoms with Crippen molar-refractivity contribution in [1.82, 2.24) is 10.2 Å². The van der Waals surface area contributed by atoms with Gasteiger partial charge in [-0.3, -0.25) is 19.4 Å². The molecule has 0 atom stereocenters. The van der Waals surface area contributed by atoms with E-state index in [0.29, 0.717) is 18.0 Å². The number of hydrogen-bond donors (Lipinski definition) is 1. The van der Waals surface area contributed by atoms with Crippen molar-refractivity contribution in [2.75, 3.05) is 50.8 Å². The van der Waals surface area contributed by atoms with Crippen LogP contribution in [0, 0.1) is 5.82 Å². The molecule has 2 amide bonds. The Kier molecular flexibility index (Phi) is 7.14. The zero-order valence-corrected chi connectivity index (χ0v) is 17.8. The van der Waals surface area contributed by atoms with Crippen LogP contribution in [0.5, 0.6) is 5.75 Å². The van der Waals surface area contributed by atoms with Crippen LogP contribution in [-0.4, -0.2) is 62.7 Å². The molecule has 0 unspecified atom stereocenters. The van der Waals surface area contributed by atoms with Crippen LogP contribution in [0.25, 0.3) is 6.08 Å². The third kappa shape index (κ3) is 5.33. The van der Waals surface area contributed by atoms with Crippen LogP contribution in [0.3, 0.4) is 0 Å². The first kappa shape index (κ1) is 22.0. The van der Waals surface area contributed by atoms with Gasteiger partial charge in [0.1, 0.15) is 12.4 Å². The number of carbonyl (C=O) groups excluding carboxylic acids is 2. The Bertz CT molecular complexity index is 1000. The van der Waals surface area contributed by atoms with Gasteiger partial charge in [0, 0.05) is 25.2 Å². The zero-order valence-electron chi connectivity index (χ0n) is 17.8. The molecule has 0 bridgehead atoms. The smallest absolute Gasteiger partial charge is 0.294 e. The first-order valence-electron chi connectivity index (χ1n) is 10.7. The van der Waals surface area contributed by atoms with E-state index in [2.05, 4.69) is 10.2 Å². The number of fused-ring (bicyclic) bond motifs is 1. The Morgan fingerprint density at radius 1 is 1.09 bits per heavy atom. The molecule has 0 aromatic heterocycles. The normalized spacial score (nSPS) is 17.7. The number of para-hydroxylation sites is 2. The number of morpholine rings is 1. The number of nitrogens with zero attached hydrogens (tertiary/aromatic N) is 2. The minimum atomic E-state index is -0.490. The molecule has 1 fully saturated rings. The molecule has 7 nitrogen and oxygen atoms in total. The molecule has 2 aromatic rings. The molecule has 8 heteroatoms. The van der Waals surface area contributed by atoms with Crippen molar-refractivity contribution in [2.45, 2.75) is 6.42 Å². The van der Waals surface area contributed by atoms with Gasteiger partial charge in [-0.1, -0.05) is 30.3 Å². The number of hydrogen-bond acceptors (Lipinski definition) is 5. The van der Waals surface area contributed by atoms with Crippen molar-refractivity contribution in [1.29, 1.82) is 0 Å². The summed E-state index contributed by atoms with van der Waals surface area (Å²) in [6.45, 7) is 4.56. The van der Waals surface area contributed by atoms with Gasteiger partial charge in [-0.15, -0.1) is 0 Å². The highest BCUT2D eigenvalue weighted by molar-refractivity contribution is 6.12. The van der Waals surface area contributed by atoms with Gasteiger partial charge in [0.2, 0.25) is 5.91 Å². The third-order valence-corrected chi connectivity index (χ3v) is 5.40. The Morgan fingerprint density at radius 2 is 1.84 bits per heavy atom. The second kappa shape index (κ2) is 10.4. The molecule has 0 spiro atoms. The lowest BCUT2D eigenvalue weighted by atomic mass is 10.1. The maximum Gasteiger partial charge on any atom is 0.294 e. The van der Waals surface area contributed by atoms with E-state index < -0.39 is 11.7 Å². The number of nitrogens with one attached hydrogen (secondary N) is 1. The molecule has 2 aliphatic rings. The molecule has 2 aromatic carbocycles. The first-order valence-corrected chi connectivity index (χ1v) is 10.7. The van der Waals surface area contributed by atoms with Crippen LogP contribution < -0.4 is 15.0 Å². The molecule has 0 saturated carbocycles. The van der Waals surface area contributed by atoms with Gasteiger partial charge in [-0.2, -0.15) is 0 Å². The first-order chi connectivity index (χ1) is 15.6. The summed E-state index contributed by atoms with van der Waals surface area (Å²) in [6, 6.07) is 13.1. The van der Waals surface area contributed by atoms with Gasteiger partial charge in [0.25, 0.3) is 5.91 Å². The highest BCUT2D eigenvalue weighted by Crippen LogP contribution is 2.35. The van der Waals surface area contributed by atoms with E-state index in [1.54, 1.807) is 42.5 Å². The number of carbonyl (C=O) groups is 2. The lowest BCUT2D eigenvalue weighted by molar-refractivity contribution is -0.123. The van der Waals surface area contributed by atoms with Crippen LogP contribution in [0.15, 0.2) is 54.3 Å². The minimum Gasteiger partial charge on any atom is -0.449 e. The molecule has 2 aliphatic heterocycles. The largest absolute Gasteiger partial charge is 0.449 e. The van der Waals surface area contributed by atoms with Crippen molar-refractivity contribution in [2.24, 2.45) is 0 Å². The Balaban J connectivity index is 1.41. The average molecular weight is 439 g/mol. The predicted octanol–water partition coefficient (Wildman–Crippen LogP) is 2.43. The highest BCUT2D eigenvalue weighted by atomic mass is 19.1. The van der Waals surface area contributed by atoms with E-state index in [9.17, 15) is 14.0 Å². The Hall–Kier alpha value is -3.23. The summed E-state index contributed by atoms with van der Waals surface area (Å²) in [5.74, 6) is -0.804. The second-order valence-corrected chi connectivity index (χ2v) is 7.65. The molecule has 32 heavy (non-hydrogen) atoms. The fourth-order valence-electron chi connectivity index (χ4n) is 3.71. The van der Waals surface area contributed by atoms with E-state index in [-0.39, 0.29) is 23.8 Å². The SMILES string of the molecule is O=C(CN1C(=O)C(=Cc2ccccc2F)Oc2ccccc21)NCCCN1CCOCC1. The number of benzene rings is 2. The molecule has 0 aliphatic carbocycles. The maximum atomic E-state index is 14.1. The quantitative estimate of drug-likeness (QED) is 0.530. The summed E-state index contributed by atoms with van der Waals surface area (Å²) in [6.07, 6.45) is 2.18. The van der Waals surface area contributed by atoms with Gasteiger partial charge in [0.05, 0.1) is 18.9 Å². The molecule has 168 valence electrons. The van der Waals surface area contributed by atoms with Gasteiger partial charge < -0.3 is 14.8 Å². The number of halogens is 1. The number of rotatable bonds is 7. The number of amides is 2. The summed E-state index contributed by atoms with van der Waals surface area (Å²) in [7, 11) is 0. The van der Waals surface area contributed by atoms with Crippen molar-refractivity contribution < 1.29 is 23.5 Å². The third-order valence-electron chi connectivity index (χ3n) is 5.40. The topological polar surface area (TPSA) is 71.1 Å². The summed E-state index contributed by atoms with van der Waals surface area (Å²) in [5.41, 5.74) is 0.745. The second-order valence-electron chi connectivity index (χ2n) is 7.65. The van der Waals surface area contributed by atoms with Gasteiger partial charge in [-0.25, -0.2) is 4.39 Å². The molecule has 1 saturated heterocycles. The van der Waals surface area contributed by atoms with Crippen LogP contribution in [0.1, 0.15) is 12.0 Å². The highest BCUT2D eigenvalue weighted by Gasteiger charge is 2.31. The molecular formula is C24H26FN3O4. The maximum absolute atomic E-state index is 14.1. The Labute approximate surface area is 186 Å². The monoisotopic (exact) mass is 439 g/mol. The van der Waals surface area contributed by atoms with E-state index in [1.165, 1.54) is 17.0 Å². The van der Waals surface area contributed by atoms with Crippen LogP contribution in [0.2, 0.25) is 0 Å². The molecule has 4 rings (SSSR count). The summed E-state index contributed by atoms with van der Waals surface area (Å²) in [5, 5.41) is 2.88. The lowest BCUT2D eigenvalue weighted by Crippen LogP contribution is -2.44. The minimum absolute atomic E-state index is 0.0334. The molecule has 0 radical (unpaired) electrons. The van der Waals surface area contributed by atoms with Crippen LogP contribution in [0.4, 0.5) is 10.1 Å². The Morgan fingerprint density at radius 3 is 2.66 bits per heavy atom. The molecule has 1 N–H and O–H groups in total. The number of anilines is 1. The van der Waals surface area contributed by atoms with Gasteiger partial charge >= 0.3 is 0 Å². The van der Waals surface area contributed by atoms with Gasteiger partial charge in [-0.05, 0) is 37.2 Å². The zero-order chi connectivity index (χ0) is 22.3. The van der Waals surface area contributed by atoms with E-state index in [1.807, 2.05) is 0 Å². The van der Waals surface area contributed by atoms with Crippen molar-refractivity contribution >= 4 is 23.6 Å². The van der Waals surface area contributed by atoms with Crippen LogP contribution >= 0.6 is 0 Å². The summed E-state index contributed by atoms with van der Waals surface area (Å²) in [4.78, 5) is 29.3. The fourth-order valence-corrected chi connectivity index (χ4v) is 3.71. The predicted molar refractivity (Wildman–Crippen MR) is 119 cm³/mol. The van der Waals surface area contributed by atoms with Crippen molar-refractivity contribution in [3.05, 3.63) is 65.7 Å².